The minimum Gasteiger partial charge on any atom is -0.481 e. The molecule has 0 aromatic heterocycles. The Balaban J connectivity index is 2.41. The van der Waals surface area contributed by atoms with Crippen LogP contribution in [0.15, 0.2) is 12.2 Å². The molecule has 0 aromatic carbocycles. The fourth-order valence-electron chi connectivity index (χ4n) is 1.74. The van der Waals surface area contributed by atoms with Crippen molar-refractivity contribution in [1.82, 2.24) is 4.90 Å². The van der Waals surface area contributed by atoms with Gasteiger partial charge in [-0.1, -0.05) is 25.5 Å². The van der Waals surface area contributed by atoms with Crippen molar-refractivity contribution in [2.45, 2.75) is 32.2 Å². The summed E-state index contributed by atoms with van der Waals surface area (Å²) in [6, 6.07) is 0.220. The quantitative estimate of drug-likeness (QED) is 0.657. The van der Waals surface area contributed by atoms with Crippen LogP contribution < -0.4 is 0 Å². The lowest BCUT2D eigenvalue weighted by molar-refractivity contribution is -0.138. The largest absolute Gasteiger partial charge is 0.481 e. The Labute approximate surface area is 79.0 Å². The highest BCUT2D eigenvalue weighted by Crippen LogP contribution is 2.14. The predicted molar refractivity (Wildman–Crippen MR) is 51.7 cm³/mol. The van der Waals surface area contributed by atoms with E-state index in [1.54, 1.807) is 0 Å². The molecule has 1 rings (SSSR count). The lowest BCUT2D eigenvalue weighted by Crippen LogP contribution is -2.34. The third-order valence-corrected chi connectivity index (χ3v) is 2.40. The van der Waals surface area contributed by atoms with Crippen LogP contribution in [-0.2, 0) is 4.79 Å². The predicted octanol–water partition coefficient (Wildman–Crippen LogP) is 1.50. The van der Waals surface area contributed by atoms with Crippen molar-refractivity contribution in [3.63, 3.8) is 0 Å². The number of carboxylic acid groups (broad SMARTS) is 1. The van der Waals surface area contributed by atoms with Crippen molar-refractivity contribution in [1.29, 1.82) is 0 Å². The van der Waals surface area contributed by atoms with Gasteiger partial charge in [-0.2, -0.15) is 0 Å². The summed E-state index contributed by atoms with van der Waals surface area (Å²) in [4.78, 5) is 12.8. The highest BCUT2D eigenvalue weighted by molar-refractivity contribution is 5.67. The van der Waals surface area contributed by atoms with Crippen molar-refractivity contribution in [3.05, 3.63) is 12.2 Å². The summed E-state index contributed by atoms with van der Waals surface area (Å²) in [6.07, 6.45) is 6.51. The number of nitrogens with zero attached hydrogens (tertiary/aromatic N) is 1. The molecule has 0 bridgehead atoms. The molecule has 3 heteroatoms. The summed E-state index contributed by atoms with van der Waals surface area (Å²) < 4.78 is 0. The van der Waals surface area contributed by atoms with E-state index in [9.17, 15) is 4.79 Å². The third-order valence-electron chi connectivity index (χ3n) is 2.40. The fraction of sp³-hybridized carbons (Fsp3) is 0.700. The van der Waals surface area contributed by atoms with Crippen molar-refractivity contribution < 1.29 is 9.90 Å². The first-order chi connectivity index (χ1) is 6.24. The van der Waals surface area contributed by atoms with E-state index in [4.69, 9.17) is 5.11 Å². The van der Waals surface area contributed by atoms with E-state index in [1.165, 1.54) is 0 Å². The minimum atomic E-state index is -0.689. The summed E-state index contributed by atoms with van der Waals surface area (Å²) in [5.41, 5.74) is 0. The molecular weight excluding hydrogens is 166 g/mol. The van der Waals surface area contributed by atoms with Gasteiger partial charge in [-0.3, -0.25) is 9.69 Å². The standard InChI is InChI=1S/C10H17NO2/c1-2-5-9(8-10(12)13)11-6-3-4-7-11/h3-4,9H,2,5-8H2,1H3,(H,12,13). The summed E-state index contributed by atoms with van der Waals surface area (Å²) in [5, 5.41) is 8.72. The van der Waals surface area contributed by atoms with Gasteiger partial charge >= 0.3 is 5.97 Å². The smallest absolute Gasteiger partial charge is 0.304 e. The average molecular weight is 183 g/mol. The van der Waals surface area contributed by atoms with Gasteiger partial charge < -0.3 is 5.11 Å². The van der Waals surface area contributed by atoms with Gasteiger partial charge in [0, 0.05) is 19.1 Å². The van der Waals surface area contributed by atoms with Gasteiger partial charge in [0.15, 0.2) is 0 Å². The number of rotatable bonds is 5. The van der Waals surface area contributed by atoms with Crippen LogP contribution in [0.5, 0.6) is 0 Å². The number of carboxylic acids is 1. The molecule has 0 fully saturated rings. The molecule has 0 spiro atoms. The average Bonchev–Trinajstić information content (AvgIpc) is 2.54. The highest BCUT2D eigenvalue weighted by Gasteiger charge is 2.20. The molecule has 1 heterocycles. The Bertz CT molecular complexity index is 193. The van der Waals surface area contributed by atoms with Crippen molar-refractivity contribution in [2.75, 3.05) is 13.1 Å². The maximum atomic E-state index is 10.6. The first-order valence-electron chi connectivity index (χ1n) is 4.85. The van der Waals surface area contributed by atoms with E-state index >= 15 is 0 Å². The summed E-state index contributed by atoms with van der Waals surface area (Å²) in [5.74, 6) is -0.689. The number of carbonyl (C=O) groups is 1. The molecule has 1 N–H and O–H groups in total. The minimum absolute atomic E-state index is 0.220. The summed E-state index contributed by atoms with van der Waals surface area (Å²) in [6.45, 7) is 3.92. The Morgan fingerprint density at radius 3 is 2.62 bits per heavy atom. The van der Waals surface area contributed by atoms with Crippen LogP contribution in [0.3, 0.4) is 0 Å². The van der Waals surface area contributed by atoms with Gasteiger partial charge in [0.25, 0.3) is 0 Å². The number of aliphatic carboxylic acids is 1. The third kappa shape index (κ3) is 3.19. The van der Waals surface area contributed by atoms with Gasteiger partial charge in [-0.05, 0) is 6.42 Å². The molecule has 1 aliphatic heterocycles. The molecule has 1 aliphatic rings. The Kier molecular flexibility index (Phi) is 3.96. The maximum Gasteiger partial charge on any atom is 0.304 e. The topological polar surface area (TPSA) is 40.5 Å². The van der Waals surface area contributed by atoms with E-state index < -0.39 is 5.97 Å². The normalized spacial score (nSPS) is 19.2. The molecule has 0 aliphatic carbocycles. The van der Waals surface area contributed by atoms with E-state index in [0.717, 1.165) is 25.9 Å². The van der Waals surface area contributed by atoms with Gasteiger partial charge in [0.2, 0.25) is 0 Å². The molecule has 0 amide bonds. The second-order valence-electron chi connectivity index (χ2n) is 3.47. The SMILES string of the molecule is CCCC(CC(=O)O)N1CC=CC1. The van der Waals surface area contributed by atoms with Crippen LogP contribution >= 0.6 is 0 Å². The Morgan fingerprint density at radius 2 is 2.15 bits per heavy atom. The molecule has 0 saturated heterocycles. The number of hydrogen-bond acceptors (Lipinski definition) is 2. The molecular formula is C10H17NO2. The molecule has 13 heavy (non-hydrogen) atoms. The second-order valence-corrected chi connectivity index (χ2v) is 3.47. The Hall–Kier alpha value is -0.830. The molecule has 0 aromatic rings. The lowest BCUT2D eigenvalue weighted by atomic mass is 10.1. The van der Waals surface area contributed by atoms with E-state index in [0.29, 0.717) is 0 Å². The van der Waals surface area contributed by atoms with Gasteiger partial charge in [-0.15, -0.1) is 0 Å². The summed E-state index contributed by atoms with van der Waals surface area (Å²) >= 11 is 0. The van der Waals surface area contributed by atoms with Gasteiger partial charge in [-0.25, -0.2) is 0 Å². The number of hydrogen-bond donors (Lipinski definition) is 1. The zero-order valence-corrected chi connectivity index (χ0v) is 8.07. The summed E-state index contributed by atoms with van der Waals surface area (Å²) in [7, 11) is 0. The zero-order chi connectivity index (χ0) is 9.68. The van der Waals surface area contributed by atoms with Gasteiger partial charge in [0.1, 0.15) is 0 Å². The van der Waals surface area contributed by atoms with Crippen molar-refractivity contribution in [3.8, 4) is 0 Å². The second kappa shape index (κ2) is 5.02. The first kappa shape index (κ1) is 10.3. The fourth-order valence-corrected chi connectivity index (χ4v) is 1.74. The maximum absolute atomic E-state index is 10.6. The van der Waals surface area contributed by atoms with Crippen LogP contribution in [0.2, 0.25) is 0 Å². The first-order valence-corrected chi connectivity index (χ1v) is 4.85. The van der Waals surface area contributed by atoms with E-state index in [2.05, 4.69) is 24.0 Å². The molecule has 1 unspecified atom stereocenters. The van der Waals surface area contributed by atoms with Crippen molar-refractivity contribution in [2.24, 2.45) is 0 Å². The Morgan fingerprint density at radius 1 is 1.54 bits per heavy atom. The van der Waals surface area contributed by atoms with E-state index in [-0.39, 0.29) is 12.5 Å². The monoisotopic (exact) mass is 183 g/mol. The van der Waals surface area contributed by atoms with Crippen molar-refractivity contribution >= 4 is 5.97 Å². The molecule has 1 atom stereocenters. The van der Waals surface area contributed by atoms with E-state index in [1.807, 2.05) is 0 Å². The van der Waals surface area contributed by atoms with Crippen LogP contribution in [0.4, 0.5) is 0 Å². The molecule has 3 nitrogen and oxygen atoms in total. The zero-order valence-electron chi connectivity index (χ0n) is 8.07. The molecule has 0 saturated carbocycles. The van der Waals surface area contributed by atoms with Gasteiger partial charge in [0.05, 0.1) is 6.42 Å². The van der Waals surface area contributed by atoms with Crippen LogP contribution in [0.25, 0.3) is 0 Å². The van der Waals surface area contributed by atoms with Crippen LogP contribution in [-0.4, -0.2) is 35.1 Å². The van der Waals surface area contributed by atoms with Crippen LogP contribution in [0.1, 0.15) is 26.2 Å². The molecule has 74 valence electrons. The van der Waals surface area contributed by atoms with Crippen LogP contribution in [0, 0.1) is 0 Å². The highest BCUT2D eigenvalue weighted by atomic mass is 16.4. The molecule has 0 radical (unpaired) electrons. The lowest BCUT2D eigenvalue weighted by Gasteiger charge is -2.25.